The van der Waals surface area contributed by atoms with Crippen LogP contribution in [0.3, 0.4) is 0 Å². The van der Waals surface area contributed by atoms with Crippen molar-refractivity contribution >= 4 is 11.4 Å². The molecule has 0 aliphatic heterocycles. The van der Waals surface area contributed by atoms with Crippen molar-refractivity contribution in [3.8, 4) is 0 Å². The van der Waals surface area contributed by atoms with Crippen LogP contribution in [0.2, 0.25) is 0 Å². The van der Waals surface area contributed by atoms with Gasteiger partial charge in [-0.3, -0.25) is 4.68 Å². The molecule has 0 radical (unpaired) electrons. The van der Waals surface area contributed by atoms with Gasteiger partial charge in [0.2, 0.25) is 0 Å². The Balaban J connectivity index is 1.78. The van der Waals surface area contributed by atoms with Gasteiger partial charge in [0.05, 0.1) is 11.4 Å². The molecule has 0 saturated heterocycles. The summed E-state index contributed by atoms with van der Waals surface area (Å²) in [5.74, 6) is 0. The molecule has 1 aromatic heterocycles. The summed E-state index contributed by atoms with van der Waals surface area (Å²) in [5, 5.41) is 7.49. The Morgan fingerprint density at radius 2 is 2.29 bits per heavy atom. The van der Waals surface area contributed by atoms with Gasteiger partial charge in [0.15, 0.2) is 0 Å². The monoisotopic (exact) mass is 230 g/mol. The minimum Gasteiger partial charge on any atom is -0.397 e. The van der Waals surface area contributed by atoms with Gasteiger partial charge in [-0.25, -0.2) is 0 Å². The lowest BCUT2D eigenvalue weighted by Crippen LogP contribution is -2.08. The maximum Gasteiger partial charge on any atom is 0.0574 e. The maximum absolute atomic E-state index is 5.92. The van der Waals surface area contributed by atoms with Crippen LogP contribution in [-0.2, 0) is 6.54 Å². The minimum atomic E-state index is 0.809. The van der Waals surface area contributed by atoms with Crippen LogP contribution < -0.4 is 11.1 Å². The van der Waals surface area contributed by atoms with Crippen molar-refractivity contribution in [1.82, 2.24) is 9.78 Å². The van der Waals surface area contributed by atoms with Gasteiger partial charge in [-0.15, -0.1) is 0 Å². The van der Waals surface area contributed by atoms with Crippen molar-refractivity contribution in [2.24, 2.45) is 0 Å². The molecule has 0 atom stereocenters. The van der Waals surface area contributed by atoms with Crippen LogP contribution in [0.5, 0.6) is 0 Å². The Morgan fingerprint density at radius 1 is 1.41 bits per heavy atom. The molecule has 0 fully saturated rings. The van der Waals surface area contributed by atoms with Crippen molar-refractivity contribution in [3.63, 3.8) is 0 Å². The summed E-state index contributed by atoms with van der Waals surface area (Å²) in [6.45, 7) is 3.86. The summed E-state index contributed by atoms with van der Waals surface area (Å²) in [5.41, 5.74) is 8.92. The minimum absolute atomic E-state index is 0.809. The first-order valence-corrected chi connectivity index (χ1v) is 5.83. The van der Waals surface area contributed by atoms with Crippen LogP contribution in [0.15, 0.2) is 36.7 Å². The first kappa shape index (κ1) is 11.5. The van der Waals surface area contributed by atoms with Gasteiger partial charge >= 0.3 is 0 Å². The topological polar surface area (TPSA) is 55.9 Å². The van der Waals surface area contributed by atoms with E-state index in [9.17, 15) is 0 Å². The summed E-state index contributed by atoms with van der Waals surface area (Å²) in [6.07, 6.45) is 4.79. The van der Waals surface area contributed by atoms with E-state index in [0.29, 0.717) is 0 Å². The molecule has 4 heteroatoms. The fourth-order valence-corrected chi connectivity index (χ4v) is 1.74. The standard InChI is InChI=1S/C13H18N4/c1-11-4-5-13(12(14)10-11)15-6-2-8-17-9-3-7-16-17/h3-5,7,9-10,15H,2,6,8,14H2,1H3. The number of nitrogens with zero attached hydrogens (tertiary/aromatic N) is 2. The van der Waals surface area contributed by atoms with E-state index in [2.05, 4.69) is 16.5 Å². The quantitative estimate of drug-likeness (QED) is 0.612. The summed E-state index contributed by atoms with van der Waals surface area (Å²) in [4.78, 5) is 0. The number of benzene rings is 1. The van der Waals surface area contributed by atoms with Crippen LogP contribution in [0.1, 0.15) is 12.0 Å². The van der Waals surface area contributed by atoms with Gasteiger partial charge in [0.1, 0.15) is 0 Å². The zero-order valence-corrected chi connectivity index (χ0v) is 10.1. The number of nitrogens with one attached hydrogen (secondary N) is 1. The molecule has 0 aliphatic carbocycles. The first-order chi connectivity index (χ1) is 8.25. The van der Waals surface area contributed by atoms with E-state index in [0.717, 1.165) is 30.9 Å². The summed E-state index contributed by atoms with van der Waals surface area (Å²) in [7, 11) is 0. The van der Waals surface area contributed by atoms with Crippen LogP contribution in [0, 0.1) is 6.92 Å². The SMILES string of the molecule is Cc1ccc(NCCCn2cccn2)c(N)c1. The van der Waals surface area contributed by atoms with Gasteiger partial charge in [-0.1, -0.05) is 6.07 Å². The number of rotatable bonds is 5. The summed E-state index contributed by atoms with van der Waals surface area (Å²) < 4.78 is 1.93. The maximum atomic E-state index is 5.92. The fourth-order valence-electron chi connectivity index (χ4n) is 1.74. The molecular formula is C13H18N4. The number of hydrogen-bond donors (Lipinski definition) is 2. The number of anilines is 2. The van der Waals surface area contributed by atoms with Crippen molar-refractivity contribution < 1.29 is 0 Å². The number of nitrogens with two attached hydrogens (primary N) is 1. The van der Waals surface area contributed by atoms with Crippen LogP contribution >= 0.6 is 0 Å². The average Bonchev–Trinajstić information content (AvgIpc) is 2.79. The molecule has 90 valence electrons. The normalized spacial score (nSPS) is 10.4. The van der Waals surface area contributed by atoms with Gasteiger partial charge in [0.25, 0.3) is 0 Å². The van der Waals surface area contributed by atoms with E-state index in [-0.39, 0.29) is 0 Å². The highest BCUT2D eigenvalue weighted by Crippen LogP contribution is 2.19. The molecule has 2 rings (SSSR count). The molecule has 2 aromatic rings. The van der Waals surface area contributed by atoms with E-state index in [4.69, 9.17) is 5.73 Å². The van der Waals surface area contributed by atoms with Crippen LogP contribution in [0.25, 0.3) is 0 Å². The predicted octanol–water partition coefficient (Wildman–Crippen LogP) is 2.28. The number of hydrogen-bond acceptors (Lipinski definition) is 3. The molecular weight excluding hydrogens is 212 g/mol. The van der Waals surface area contributed by atoms with E-state index in [1.54, 1.807) is 6.20 Å². The molecule has 0 amide bonds. The van der Waals surface area contributed by atoms with Gasteiger partial charge in [0, 0.05) is 25.5 Å². The second-order valence-electron chi connectivity index (χ2n) is 4.14. The van der Waals surface area contributed by atoms with E-state index >= 15 is 0 Å². The third kappa shape index (κ3) is 3.24. The molecule has 0 bridgehead atoms. The lowest BCUT2D eigenvalue weighted by molar-refractivity contribution is 0.592. The number of aromatic nitrogens is 2. The Bertz CT molecular complexity index is 462. The molecule has 17 heavy (non-hydrogen) atoms. The fraction of sp³-hybridized carbons (Fsp3) is 0.308. The van der Waals surface area contributed by atoms with E-state index < -0.39 is 0 Å². The largest absolute Gasteiger partial charge is 0.397 e. The Kier molecular flexibility index (Phi) is 3.65. The Hall–Kier alpha value is -1.97. The van der Waals surface area contributed by atoms with Crippen molar-refractivity contribution in [2.75, 3.05) is 17.6 Å². The van der Waals surface area contributed by atoms with E-state index in [1.165, 1.54) is 5.56 Å². The summed E-state index contributed by atoms with van der Waals surface area (Å²) in [6, 6.07) is 8.01. The molecule has 1 heterocycles. The lowest BCUT2D eigenvalue weighted by Gasteiger charge is -2.09. The molecule has 0 aliphatic rings. The second-order valence-corrected chi connectivity index (χ2v) is 4.14. The van der Waals surface area contributed by atoms with Gasteiger partial charge < -0.3 is 11.1 Å². The third-order valence-corrected chi connectivity index (χ3v) is 2.65. The highest BCUT2D eigenvalue weighted by molar-refractivity contribution is 5.66. The molecule has 0 unspecified atom stereocenters. The number of aryl methyl sites for hydroxylation is 2. The Morgan fingerprint density at radius 3 is 3.00 bits per heavy atom. The smallest absolute Gasteiger partial charge is 0.0574 e. The third-order valence-electron chi connectivity index (χ3n) is 2.65. The van der Waals surface area contributed by atoms with Crippen molar-refractivity contribution in [1.29, 1.82) is 0 Å². The Labute approximate surface area is 101 Å². The van der Waals surface area contributed by atoms with Crippen LogP contribution in [-0.4, -0.2) is 16.3 Å². The number of nitrogen functional groups attached to an aromatic ring is 1. The first-order valence-electron chi connectivity index (χ1n) is 5.83. The highest BCUT2D eigenvalue weighted by Gasteiger charge is 1.98. The predicted molar refractivity (Wildman–Crippen MR) is 70.9 cm³/mol. The van der Waals surface area contributed by atoms with E-state index in [1.807, 2.05) is 36.0 Å². The molecule has 0 spiro atoms. The van der Waals surface area contributed by atoms with Crippen molar-refractivity contribution in [3.05, 3.63) is 42.2 Å². The zero-order valence-electron chi connectivity index (χ0n) is 10.1. The molecule has 3 N–H and O–H groups in total. The second kappa shape index (κ2) is 5.39. The molecule has 4 nitrogen and oxygen atoms in total. The molecule has 0 saturated carbocycles. The average molecular weight is 230 g/mol. The highest BCUT2D eigenvalue weighted by atomic mass is 15.3. The molecule has 1 aromatic carbocycles. The lowest BCUT2D eigenvalue weighted by atomic mass is 10.2. The van der Waals surface area contributed by atoms with Crippen LogP contribution in [0.4, 0.5) is 11.4 Å². The van der Waals surface area contributed by atoms with Crippen molar-refractivity contribution in [2.45, 2.75) is 19.9 Å². The summed E-state index contributed by atoms with van der Waals surface area (Å²) >= 11 is 0. The zero-order chi connectivity index (χ0) is 12.1. The van der Waals surface area contributed by atoms with Gasteiger partial charge in [-0.05, 0) is 37.1 Å². The van der Waals surface area contributed by atoms with Gasteiger partial charge in [-0.2, -0.15) is 5.10 Å².